The van der Waals surface area contributed by atoms with Gasteiger partial charge in [-0.3, -0.25) is 9.59 Å². The number of hydrogen-bond donors (Lipinski definition) is 2. The Bertz CT molecular complexity index is 776. The maximum Gasteiger partial charge on any atom is 0.310 e. The number of carbonyl (C=O) groups excluding carboxylic acids is 1. The van der Waals surface area contributed by atoms with Gasteiger partial charge in [0.15, 0.2) is 0 Å². The van der Waals surface area contributed by atoms with E-state index in [1.165, 1.54) is 6.07 Å². The van der Waals surface area contributed by atoms with Gasteiger partial charge in [0.1, 0.15) is 12.4 Å². The lowest BCUT2D eigenvalue weighted by Gasteiger charge is -2.13. The largest absolute Gasteiger partial charge is 0.490 e. The number of anilines is 1. The van der Waals surface area contributed by atoms with Crippen LogP contribution in [-0.2, 0) is 9.53 Å². The zero-order valence-corrected chi connectivity index (χ0v) is 15.2. The van der Waals surface area contributed by atoms with Crippen LogP contribution in [0.25, 0.3) is 0 Å². The number of benzene rings is 2. The van der Waals surface area contributed by atoms with Crippen molar-refractivity contribution in [3.8, 4) is 5.75 Å². The molecule has 0 fully saturated rings. The van der Waals surface area contributed by atoms with Gasteiger partial charge in [-0.25, -0.2) is 0 Å². The summed E-state index contributed by atoms with van der Waals surface area (Å²) in [5.74, 6) is -1.49. The molecule has 2 rings (SSSR count). The summed E-state index contributed by atoms with van der Waals surface area (Å²) in [7, 11) is 1.56. The normalized spacial score (nSPS) is 11.7. The van der Waals surface area contributed by atoms with Crippen molar-refractivity contribution in [1.29, 1.82) is 0 Å². The fraction of sp³-hybridized carbons (Fsp3) is 0.263. The molecule has 0 aliphatic rings. The number of nitrogens with one attached hydrogen (secondary N) is 1. The van der Waals surface area contributed by atoms with Gasteiger partial charge in [0.05, 0.1) is 18.1 Å². The lowest BCUT2D eigenvalue weighted by atomic mass is 10.0. The fourth-order valence-electron chi connectivity index (χ4n) is 2.24. The molecule has 138 valence electrons. The first kappa shape index (κ1) is 19.8. The van der Waals surface area contributed by atoms with E-state index in [0.717, 1.165) is 0 Å². The maximum atomic E-state index is 12.6. The van der Waals surface area contributed by atoms with Crippen molar-refractivity contribution in [2.75, 3.05) is 25.6 Å². The Morgan fingerprint density at radius 3 is 2.46 bits per heavy atom. The van der Waals surface area contributed by atoms with E-state index in [9.17, 15) is 9.59 Å². The van der Waals surface area contributed by atoms with Crippen molar-refractivity contribution in [2.45, 2.75) is 12.8 Å². The highest BCUT2D eigenvalue weighted by Gasteiger charge is 2.16. The molecule has 0 aliphatic heterocycles. The summed E-state index contributed by atoms with van der Waals surface area (Å²) in [6, 6.07) is 11.4. The summed E-state index contributed by atoms with van der Waals surface area (Å²) in [5.41, 5.74) is 1.50. The van der Waals surface area contributed by atoms with E-state index in [1.807, 2.05) is 0 Å². The highest BCUT2D eigenvalue weighted by atomic mass is 35.5. The van der Waals surface area contributed by atoms with Gasteiger partial charge in [-0.2, -0.15) is 0 Å². The first-order valence-electron chi connectivity index (χ1n) is 7.97. The standard InChI is InChI=1S/C19H20ClNO5/c1-12(19(23)24)13-3-6-15(7-4-13)21-18(22)16-11-14(20)5-8-17(16)26-10-9-25-2/h3-8,11-12H,9-10H2,1-2H3,(H,21,22)(H,23,24). The average molecular weight is 378 g/mol. The first-order valence-corrected chi connectivity index (χ1v) is 8.35. The smallest absolute Gasteiger partial charge is 0.310 e. The minimum Gasteiger partial charge on any atom is -0.490 e. The third kappa shape index (κ3) is 5.21. The molecule has 0 bridgehead atoms. The number of ether oxygens (including phenoxy) is 2. The first-order chi connectivity index (χ1) is 12.4. The van der Waals surface area contributed by atoms with Crippen LogP contribution in [-0.4, -0.2) is 37.3 Å². The second-order valence-electron chi connectivity index (χ2n) is 5.62. The molecule has 1 unspecified atom stereocenters. The summed E-state index contributed by atoms with van der Waals surface area (Å²) in [4.78, 5) is 23.6. The fourth-order valence-corrected chi connectivity index (χ4v) is 2.41. The Balaban J connectivity index is 2.14. The molecule has 2 aromatic carbocycles. The van der Waals surface area contributed by atoms with Crippen LogP contribution in [0.5, 0.6) is 5.75 Å². The molecule has 2 aromatic rings. The topological polar surface area (TPSA) is 84.9 Å². The highest BCUT2D eigenvalue weighted by Crippen LogP contribution is 2.25. The number of hydrogen-bond acceptors (Lipinski definition) is 4. The van der Waals surface area contributed by atoms with Crippen LogP contribution in [0.1, 0.15) is 28.8 Å². The van der Waals surface area contributed by atoms with E-state index < -0.39 is 11.9 Å². The molecule has 0 aliphatic carbocycles. The van der Waals surface area contributed by atoms with Crippen molar-refractivity contribution < 1.29 is 24.2 Å². The molecule has 0 spiro atoms. The molecule has 0 saturated heterocycles. The predicted octanol–water partition coefficient (Wildman–Crippen LogP) is 3.81. The summed E-state index contributed by atoms with van der Waals surface area (Å²) in [6.45, 7) is 2.30. The van der Waals surface area contributed by atoms with Gasteiger partial charge in [0.2, 0.25) is 0 Å². The minimum atomic E-state index is -0.904. The summed E-state index contributed by atoms with van der Waals surface area (Å²) < 4.78 is 10.5. The van der Waals surface area contributed by atoms with Gasteiger partial charge in [0.25, 0.3) is 5.91 Å². The Labute approximate surface area is 156 Å². The van der Waals surface area contributed by atoms with Gasteiger partial charge in [-0.05, 0) is 42.8 Å². The van der Waals surface area contributed by atoms with Gasteiger partial charge in [-0.1, -0.05) is 23.7 Å². The number of halogens is 1. The number of carbonyl (C=O) groups is 2. The van der Waals surface area contributed by atoms with E-state index in [1.54, 1.807) is 50.4 Å². The maximum absolute atomic E-state index is 12.6. The molecule has 1 amide bonds. The van der Waals surface area contributed by atoms with Crippen LogP contribution in [0.3, 0.4) is 0 Å². The molecule has 0 saturated carbocycles. The lowest BCUT2D eigenvalue weighted by Crippen LogP contribution is -2.15. The second kappa shape index (κ2) is 9.22. The zero-order valence-electron chi connectivity index (χ0n) is 14.5. The third-order valence-electron chi connectivity index (χ3n) is 3.77. The van der Waals surface area contributed by atoms with Crippen LogP contribution >= 0.6 is 11.6 Å². The van der Waals surface area contributed by atoms with Gasteiger partial charge < -0.3 is 19.9 Å². The van der Waals surface area contributed by atoms with E-state index >= 15 is 0 Å². The number of methoxy groups -OCH3 is 1. The Hall–Kier alpha value is -2.57. The van der Waals surface area contributed by atoms with Crippen molar-refractivity contribution >= 4 is 29.2 Å². The molecule has 6 nitrogen and oxygen atoms in total. The van der Waals surface area contributed by atoms with Crippen LogP contribution in [0.15, 0.2) is 42.5 Å². The van der Waals surface area contributed by atoms with Crippen molar-refractivity contribution in [2.24, 2.45) is 0 Å². The number of aliphatic carboxylic acids is 1. The van der Waals surface area contributed by atoms with Gasteiger partial charge in [-0.15, -0.1) is 0 Å². The molecule has 0 heterocycles. The monoisotopic (exact) mass is 377 g/mol. The molecule has 1 atom stereocenters. The molecular weight excluding hydrogens is 358 g/mol. The van der Waals surface area contributed by atoms with Crippen molar-refractivity contribution in [1.82, 2.24) is 0 Å². The Kier molecular flexibility index (Phi) is 7.00. The second-order valence-corrected chi connectivity index (χ2v) is 6.05. The van der Waals surface area contributed by atoms with Crippen LogP contribution < -0.4 is 10.1 Å². The van der Waals surface area contributed by atoms with Gasteiger partial charge in [0, 0.05) is 17.8 Å². The highest BCUT2D eigenvalue weighted by molar-refractivity contribution is 6.31. The molecule has 7 heteroatoms. The number of carboxylic acid groups (broad SMARTS) is 1. The Morgan fingerprint density at radius 2 is 1.85 bits per heavy atom. The molecule has 26 heavy (non-hydrogen) atoms. The van der Waals surface area contributed by atoms with E-state index in [2.05, 4.69) is 5.32 Å². The van der Waals surface area contributed by atoms with E-state index in [4.69, 9.17) is 26.2 Å². The van der Waals surface area contributed by atoms with E-state index in [-0.39, 0.29) is 5.91 Å². The third-order valence-corrected chi connectivity index (χ3v) is 4.01. The van der Waals surface area contributed by atoms with Crippen LogP contribution in [0, 0.1) is 0 Å². The summed E-state index contributed by atoms with van der Waals surface area (Å²) >= 11 is 5.99. The number of amides is 1. The molecule has 0 aromatic heterocycles. The minimum absolute atomic E-state index is 0.302. The average Bonchev–Trinajstić information content (AvgIpc) is 2.63. The molecule has 0 radical (unpaired) electrons. The summed E-state index contributed by atoms with van der Waals surface area (Å²) in [5, 5.41) is 12.2. The molecule has 2 N–H and O–H groups in total. The predicted molar refractivity (Wildman–Crippen MR) is 99.3 cm³/mol. The number of rotatable bonds is 8. The van der Waals surface area contributed by atoms with Crippen LogP contribution in [0.4, 0.5) is 5.69 Å². The van der Waals surface area contributed by atoms with Crippen molar-refractivity contribution in [3.63, 3.8) is 0 Å². The lowest BCUT2D eigenvalue weighted by molar-refractivity contribution is -0.138. The molecular formula is C19H20ClNO5. The zero-order chi connectivity index (χ0) is 19.1. The van der Waals surface area contributed by atoms with Gasteiger partial charge >= 0.3 is 5.97 Å². The summed E-state index contributed by atoms with van der Waals surface area (Å²) in [6.07, 6.45) is 0. The quantitative estimate of drug-likeness (QED) is 0.683. The van der Waals surface area contributed by atoms with E-state index in [0.29, 0.717) is 40.8 Å². The van der Waals surface area contributed by atoms with Crippen molar-refractivity contribution in [3.05, 3.63) is 58.6 Å². The number of carboxylic acids is 1. The van der Waals surface area contributed by atoms with Crippen LogP contribution in [0.2, 0.25) is 5.02 Å². The Morgan fingerprint density at radius 1 is 1.15 bits per heavy atom. The SMILES string of the molecule is COCCOc1ccc(Cl)cc1C(=O)Nc1ccc(C(C)C(=O)O)cc1.